The molecule has 1 unspecified atom stereocenters. The topological polar surface area (TPSA) is 119 Å². The van der Waals surface area contributed by atoms with E-state index in [4.69, 9.17) is 20.3 Å². The molecule has 0 bridgehead atoms. The van der Waals surface area contributed by atoms with Crippen molar-refractivity contribution >= 4 is 17.9 Å². The lowest BCUT2D eigenvalue weighted by Crippen LogP contribution is -2.42. The first-order valence-corrected chi connectivity index (χ1v) is 7.84. The highest BCUT2D eigenvalue weighted by molar-refractivity contribution is 5.75. The van der Waals surface area contributed by atoms with Crippen molar-refractivity contribution in [2.75, 3.05) is 19.6 Å². The van der Waals surface area contributed by atoms with E-state index in [1.165, 1.54) is 4.90 Å². The molecule has 0 radical (unpaired) electrons. The lowest BCUT2D eigenvalue weighted by molar-refractivity contribution is -0.159. The molecule has 8 heteroatoms. The minimum Gasteiger partial charge on any atom is -0.480 e. The fourth-order valence-electron chi connectivity index (χ4n) is 1.77. The number of nitrogens with two attached hydrogens (primary N) is 1. The summed E-state index contributed by atoms with van der Waals surface area (Å²) in [5, 5.41) is 8.84. The standard InChI is InChI=1S/C16H30N2O6/c1-15(2,3)23-12(19)9-18(8-7-11(17)14(21)22)10-13(20)24-16(4,5)6/h11H,7-10,17H2,1-6H3,(H,21,22). The van der Waals surface area contributed by atoms with E-state index in [0.717, 1.165) is 0 Å². The molecule has 0 amide bonds. The third-order valence-corrected chi connectivity index (χ3v) is 2.62. The van der Waals surface area contributed by atoms with E-state index in [9.17, 15) is 14.4 Å². The molecule has 0 aliphatic heterocycles. The lowest BCUT2D eigenvalue weighted by atomic mass is 10.2. The van der Waals surface area contributed by atoms with Crippen LogP contribution in [0.4, 0.5) is 0 Å². The minimum atomic E-state index is -1.13. The summed E-state index contributed by atoms with van der Waals surface area (Å²) in [6, 6.07) is -1.07. The highest BCUT2D eigenvalue weighted by Crippen LogP contribution is 2.10. The summed E-state index contributed by atoms with van der Waals surface area (Å²) < 4.78 is 10.4. The Morgan fingerprint density at radius 2 is 1.33 bits per heavy atom. The van der Waals surface area contributed by atoms with Gasteiger partial charge in [-0.3, -0.25) is 19.3 Å². The molecule has 140 valence electrons. The number of esters is 2. The average Bonchev–Trinajstić information content (AvgIpc) is 2.30. The molecule has 0 saturated heterocycles. The van der Waals surface area contributed by atoms with Gasteiger partial charge in [0.15, 0.2) is 0 Å². The lowest BCUT2D eigenvalue weighted by Gasteiger charge is -2.26. The molecular weight excluding hydrogens is 316 g/mol. The van der Waals surface area contributed by atoms with Crippen molar-refractivity contribution in [2.24, 2.45) is 5.73 Å². The van der Waals surface area contributed by atoms with Gasteiger partial charge in [-0.2, -0.15) is 0 Å². The van der Waals surface area contributed by atoms with Crippen LogP contribution in [-0.4, -0.2) is 64.8 Å². The van der Waals surface area contributed by atoms with Crippen LogP contribution in [0.2, 0.25) is 0 Å². The smallest absolute Gasteiger partial charge is 0.320 e. The van der Waals surface area contributed by atoms with Gasteiger partial charge in [0.25, 0.3) is 0 Å². The van der Waals surface area contributed by atoms with Crippen molar-refractivity contribution in [1.29, 1.82) is 0 Å². The molecule has 1 atom stereocenters. The fourth-order valence-corrected chi connectivity index (χ4v) is 1.77. The van der Waals surface area contributed by atoms with E-state index in [0.29, 0.717) is 0 Å². The number of carboxylic acid groups (broad SMARTS) is 1. The van der Waals surface area contributed by atoms with Gasteiger partial charge < -0.3 is 20.3 Å². The van der Waals surface area contributed by atoms with Crippen LogP contribution >= 0.6 is 0 Å². The zero-order chi connectivity index (χ0) is 19.1. The SMILES string of the molecule is CC(C)(C)OC(=O)CN(CCC(N)C(=O)O)CC(=O)OC(C)(C)C. The molecule has 0 aromatic rings. The van der Waals surface area contributed by atoms with Crippen LogP contribution in [0.25, 0.3) is 0 Å². The summed E-state index contributed by atoms with van der Waals surface area (Å²) in [6.07, 6.45) is 0.0981. The number of hydrogen-bond acceptors (Lipinski definition) is 7. The van der Waals surface area contributed by atoms with Crippen molar-refractivity contribution < 1.29 is 29.0 Å². The van der Waals surface area contributed by atoms with Crippen molar-refractivity contribution in [3.8, 4) is 0 Å². The molecule has 0 heterocycles. The third-order valence-electron chi connectivity index (χ3n) is 2.62. The van der Waals surface area contributed by atoms with Gasteiger partial charge in [0.05, 0.1) is 13.1 Å². The van der Waals surface area contributed by atoms with Gasteiger partial charge in [-0.1, -0.05) is 0 Å². The van der Waals surface area contributed by atoms with Crippen LogP contribution < -0.4 is 5.73 Å². The number of aliphatic carboxylic acids is 1. The van der Waals surface area contributed by atoms with Gasteiger partial charge in [-0.15, -0.1) is 0 Å². The van der Waals surface area contributed by atoms with E-state index in [2.05, 4.69) is 0 Å². The number of rotatable bonds is 8. The van der Waals surface area contributed by atoms with Crippen LogP contribution in [0.1, 0.15) is 48.0 Å². The third kappa shape index (κ3) is 11.8. The van der Waals surface area contributed by atoms with Gasteiger partial charge in [0.2, 0.25) is 0 Å². The monoisotopic (exact) mass is 346 g/mol. The van der Waals surface area contributed by atoms with E-state index in [-0.39, 0.29) is 26.1 Å². The molecule has 3 N–H and O–H groups in total. The number of ether oxygens (including phenoxy) is 2. The molecule has 0 aromatic carbocycles. The first kappa shape index (κ1) is 22.3. The Balaban J connectivity index is 4.79. The predicted molar refractivity (Wildman–Crippen MR) is 88.4 cm³/mol. The molecular formula is C16H30N2O6. The zero-order valence-electron chi connectivity index (χ0n) is 15.4. The number of hydrogen-bond donors (Lipinski definition) is 2. The highest BCUT2D eigenvalue weighted by atomic mass is 16.6. The number of carbonyl (C=O) groups is 3. The molecule has 0 aromatic heterocycles. The molecule has 24 heavy (non-hydrogen) atoms. The molecule has 0 rings (SSSR count). The maximum absolute atomic E-state index is 12.0. The van der Waals surface area contributed by atoms with Gasteiger partial charge in [-0.05, 0) is 48.0 Å². The molecule has 8 nitrogen and oxygen atoms in total. The maximum atomic E-state index is 12.0. The Morgan fingerprint density at radius 1 is 0.958 bits per heavy atom. The number of carboxylic acids is 1. The van der Waals surface area contributed by atoms with Crippen LogP contribution in [0.3, 0.4) is 0 Å². The van der Waals surface area contributed by atoms with Crippen LogP contribution in [0.5, 0.6) is 0 Å². The van der Waals surface area contributed by atoms with E-state index < -0.39 is 35.2 Å². The zero-order valence-corrected chi connectivity index (χ0v) is 15.4. The second kappa shape index (κ2) is 8.98. The Morgan fingerprint density at radius 3 is 1.62 bits per heavy atom. The fraction of sp³-hybridized carbons (Fsp3) is 0.812. The quantitative estimate of drug-likeness (QED) is 0.619. The summed E-state index contributed by atoms with van der Waals surface area (Å²) in [4.78, 5) is 36.2. The summed E-state index contributed by atoms with van der Waals surface area (Å²) in [6.45, 7) is 10.3. The van der Waals surface area contributed by atoms with Crippen LogP contribution in [-0.2, 0) is 23.9 Å². The normalized spacial score (nSPS) is 13.5. The molecule has 0 saturated carbocycles. The predicted octanol–water partition coefficient (Wildman–Crippen LogP) is 0.774. The Hall–Kier alpha value is -1.67. The van der Waals surface area contributed by atoms with E-state index in [1.807, 2.05) is 0 Å². The average molecular weight is 346 g/mol. The second-order valence-corrected chi connectivity index (χ2v) is 7.62. The molecule has 0 aliphatic carbocycles. The van der Waals surface area contributed by atoms with Crippen LogP contribution in [0.15, 0.2) is 0 Å². The second-order valence-electron chi connectivity index (χ2n) is 7.62. The van der Waals surface area contributed by atoms with Crippen molar-refractivity contribution in [3.63, 3.8) is 0 Å². The highest BCUT2D eigenvalue weighted by Gasteiger charge is 2.24. The minimum absolute atomic E-state index is 0.0981. The summed E-state index contributed by atoms with van der Waals surface area (Å²) in [5.41, 5.74) is 4.18. The molecule has 0 fully saturated rings. The number of nitrogens with zero attached hydrogens (tertiary/aromatic N) is 1. The summed E-state index contributed by atoms with van der Waals surface area (Å²) in [5.74, 6) is -2.14. The molecule has 0 aliphatic rings. The van der Waals surface area contributed by atoms with Crippen molar-refractivity contribution in [3.05, 3.63) is 0 Å². The summed E-state index contributed by atoms with van der Waals surface area (Å²) >= 11 is 0. The summed E-state index contributed by atoms with van der Waals surface area (Å²) in [7, 11) is 0. The maximum Gasteiger partial charge on any atom is 0.320 e. The van der Waals surface area contributed by atoms with Gasteiger partial charge >= 0.3 is 17.9 Å². The van der Waals surface area contributed by atoms with Gasteiger partial charge in [0.1, 0.15) is 17.2 Å². The van der Waals surface area contributed by atoms with Crippen molar-refractivity contribution in [1.82, 2.24) is 4.90 Å². The first-order valence-electron chi connectivity index (χ1n) is 7.84. The van der Waals surface area contributed by atoms with Crippen LogP contribution in [0, 0.1) is 0 Å². The Kier molecular flexibility index (Phi) is 8.36. The van der Waals surface area contributed by atoms with Crippen molar-refractivity contribution in [2.45, 2.75) is 65.2 Å². The van der Waals surface area contributed by atoms with Gasteiger partial charge in [-0.25, -0.2) is 0 Å². The Labute approximate surface area is 143 Å². The largest absolute Gasteiger partial charge is 0.480 e. The van der Waals surface area contributed by atoms with E-state index >= 15 is 0 Å². The Bertz CT molecular complexity index is 420. The van der Waals surface area contributed by atoms with E-state index in [1.54, 1.807) is 41.5 Å². The van der Waals surface area contributed by atoms with Gasteiger partial charge in [0, 0.05) is 6.54 Å². The number of carbonyl (C=O) groups excluding carboxylic acids is 2. The molecule has 0 spiro atoms. The first-order chi connectivity index (χ1) is 10.7.